The molecular weight excluding hydrogens is 256 g/mol. The van der Waals surface area contributed by atoms with Crippen LogP contribution in [0.15, 0.2) is 29.2 Å². The lowest BCUT2D eigenvalue weighted by Crippen LogP contribution is -2.26. The first-order chi connectivity index (χ1) is 8.27. The van der Waals surface area contributed by atoms with E-state index in [-0.39, 0.29) is 11.7 Å². The number of Topliss-reactive ketones (excluding diaryl/α,β-unsaturated/α-hetero) is 1. The molecule has 0 spiro atoms. The third-order valence-electron chi connectivity index (χ3n) is 2.82. The molecule has 1 aromatic rings. The lowest BCUT2D eigenvalue weighted by molar-refractivity contribution is -0.124. The number of rotatable bonds is 4. The van der Waals surface area contributed by atoms with E-state index in [2.05, 4.69) is 0 Å². The van der Waals surface area contributed by atoms with Crippen LogP contribution in [0.25, 0.3) is 0 Å². The fourth-order valence-electron chi connectivity index (χ4n) is 1.82. The van der Waals surface area contributed by atoms with Crippen molar-refractivity contribution in [3.05, 3.63) is 29.3 Å². The Balaban J connectivity index is 1.85. The topological polar surface area (TPSA) is 26.3 Å². The summed E-state index contributed by atoms with van der Waals surface area (Å²) in [5, 5.41) is 0.713. The lowest BCUT2D eigenvalue weighted by atomic mass is 9.99. The molecule has 0 aromatic heterocycles. The molecule has 1 aromatic carbocycles. The summed E-state index contributed by atoms with van der Waals surface area (Å²) in [7, 11) is 0. The van der Waals surface area contributed by atoms with E-state index in [1.807, 2.05) is 24.3 Å². The first kappa shape index (κ1) is 12.9. The lowest BCUT2D eigenvalue weighted by Gasteiger charge is -2.20. The number of thioether (sulfide) groups is 1. The van der Waals surface area contributed by atoms with Gasteiger partial charge in [-0.3, -0.25) is 4.79 Å². The van der Waals surface area contributed by atoms with Crippen LogP contribution >= 0.6 is 23.4 Å². The normalized spacial score (nSPS) is 20.2. The molecule has 4 heteroatoms. The van der Waals surface area contributed by atoms with Crippen LogP contribution in [0.2, 0.25) is 5.02 Å². The van der Waals surface area contributed by atoms with Gasteiger partial charge in [-0.05, 0) is 25.0 Å². The third-order valence-corrected chi connectivity index (χ3v) is 4.36. The highest BCUT2D eigenvalue weighted by Gasteiger charge is 2.21. The van der Waals surface area contributed by atoms with Gasteiger partial charge in [0.25, 0.3) is 0 Å². The Hall–Kier alpha value is -0.510. The predicted octanol–water partition coefficient (Wildman–Crippen LogP) is 3.43. The van der Waals surface area contributed by atoms with Crippen molar-refractivity contribution in [1.82, 2.24) is 0 Å². The molecule has 1 saturated heterocycles. The average Bonchev–Trinajstić information content (AvgIpc) is 2.38. The van der Waals surface area contributed by atoms with E-state index in [1.165, 1.54) is 11.8 Å². The molecule has 1 heterocycles. The number of hydrogen-bond donors (Lipinski definition) is 0. The zero-order chi connectivity index (χ0) is 12.1. The second-order valence-electron chi connectivity index (χ2n) is 4.10. The number of ketones is 1. The molecule has 1 aliphatic heterocycles. The van der Waals surface area contributed by atoms with Crippen molar-refractivity contribution >= 4 is 29.1 Å². The maximum atomic E-state index is 11.9. The first-order valence-electron chi connectivity index (χ1n) is 5.75. The Morgan fingerprint density at radius 1 is 1.47 bits per heavy atom. The fraction of sp³-hybridized carbons (Fsp3) is 0.462. The van der Waals surface area contributed by atoms with Crippen molar-refractivity contribution in [1.29, 1.82) is 0 Å². The Kier molecular flexibility index (Phi) is 4.89. The molecule has 17 heavy (non-hydrogen) atoms. The molecule has 1 unspecified atom stereocenters. The number of ether oxygens (including phenoxy) is 1. The highest BCUT2D eigenvalue weighted by molar-refractivity contribution is 8.00. The zero-order valence-corrected chi connectivity index (χ0v) is 11.1. The van der Waals surface area contributed by atoms with Crippen LogP contribution in [-0.4, -0.2) is 24.7 Å². The number of carbonyl (C=O) groups excluding carboxylic acids is 1. The van der Waals surface area contributed by atoms with Crippen LogP contribution in [-0.2, 0) is 9.53 Å². The molecule has 2 rings (SSSR count). The molecule has 0 saturated carbocycles. The second-order valence-corrected chi connectivity index (χ2v) is 5.52. The van der Waals surface area contributed by atoms with E-state index in [9.17, 15) is 4.79 Å². The van der Waals surface area contributed by atoms with Gasteiger partial charge in [-0.2, -0.15) is 0 Å². The second kappa shape index (κ2) is 6.43. The minimum absolute atomic E-state index is 0.0822. The van der Waals surface area contributed by atoms with Gasteiger partial charge in [0, 0.05) is 17.4 Å². The van der Waals surface area contributed by atoms with E-state index in [0.29, 0.717) is 17.4 Å². The van der Waals surface area contributed by atoms with Gasteiger partial charge in [0.2, 0.25) is 0 Å². The van der Waals surface area contributed by atoms with Gasteiger partial charge in [0.15, 0.2) is 0 Å². The molecule has 1 aliphatic rings. The zero-order valence-electron chi connectivity index (χ0n) is 9.52. The smallest absolute Gasteiger partial charge is 0.148 e. The van der Waals surface area contributed by atoms with E-state index >= 15 is 0 Å². The van der Waals surface area contributed by atoms with Gasteiger partial charge >= 0.3 is 0 Å². The highest BCUT2D eigenvalue weighted by Crippen LogP contribution is 2.27. The van der Waals surface area contributed by atoms with E-state index in [4.69, 9.17) is 16.3 Å². The van der Waals surface area contributed by atoms with Gasteiger partial charge in [0.05, 0.1) is 17.4 Å². The van der Waals surface area contributed by atoms with Crippen molar-refractivity contribution in [3.8, 4) is 0 Å². The van der Waals surface area contributed by atoms with Crippen LogP contribution in [0.1, 0.15) is 12.8 Å². The average molecular weight is 271 g/mol. The summed E-state index contributed by atoms with van der Waals surface area (Å²) in [5.74, 6) is 0.839. The van der Waals surface area contributed by atoms with Crippen molar-refractivity contribution in [2.24, 2.45) is 5.92 Å². The molecule has 0 aliphatic carbocycles. The number of halogens is 1. The van der Waals surface area contributed by atoms with Crippen LogP contribution in [0.3, 0.4) is 0 Å². The molecule has 0 amide bonds. The number of hydrogen-bond acceptors (Lipinski definition) is 3. The fourth-order valence-corrected chi connectivity index (χ4v) is 3.04. The number of carbonyl (C=O) groups is 1. The third kappa shape index (κ3) is 3.73. The molecule has 0 radical (unpaired) electrons. The molecule has 1 atom stereocenters. The molecular formula is C13H15ClO2S. The Labute approximate surface area is 111 Å². The quantitative estimate of drug-likeness (QED) is 0.784. The Morgan fingerprint density at radius 2 is 2.29 bits per heavy atom. The monoisotopic (exact) mass is 270 g/mol. The molecule has 92 valence electrons. The van der Waals surface area contributed by atoms with Crippen molar-refractivity contribution in [3.63, 3.8) is 0 Å². The summed E-state index contributed by atoms with van der Waals surface area (Å²) in [6.45, 7) is 1.38. The SMILES string of the molecule is O=C(CSc1ccccc1Cl)C1CCCOC1. The molecule has 2 nitrogen and oxygen atoms in total. The van der Waals surface area contributed by atoms with E-state index < -0.39 is 0 Å². The summed E-state index contributed by atoms with van der Waals surface area (Å²) >= 11 is 7.55. The van der Waals surface area contributed by atoms with Gasteiger partial charge in [-0.1, -0.05) is 23.7 Å². The summed E-state index contributed by atoms with van der Waals surface area (Å²) in [5.41, 5.74) is 0. The predicted molar refractivity (Wildman–Crippen MR) is 70.7 cm³/mol. The van der Waals surface area contributed by atoms with Crippen LogP contribution in [0.4, 0.5) is 0 Å². The van der Waals surface area contributed by atoms with Crippen molar-refractivity contribution in [2.45, 2.75) is 17.7 Å². The van der Waals surface area contributed by atoms with Crippen molar-refractivity contribution < 1.29 is 9.53 Å². The van der Waals surface area contributed by atoms with Gasteiger partial charge in [0.1, 0.15) is 5.78 Å². The molecule has 0 N–H and O–H groups in total. The summed E-state index contributed by atoms with van der Waals surface area (Å²) in [6.07, 6.45) is 1.95. The number of benzene rings is 1. The van der Waals surface area contributed by atoms with Gasteiger partial charge in [-0.15, -0.1) is 11.8 Å². The highest BCUT2D eigenvalue weighted by atomic mass is 35.5. The summed E-state index contributed by atoms with van der Waals surface area (Å²) in [6, 6.07) is 7.61. The maximum Gasteiger partial charge on any atom is 0.148 e. The van der Waals surface area contributed by atoms with E-state index in [1.54, 1.807) is 0 Å². The van der Waals surface area contributed by atoms with E-state index in [0.717, 1.165) is 24.3 Å². The largest absolute Gasteiger partial charge is 0.381 e. The molecule has 0 bridgehead atoms. The minimum Gasteiger partial charge on any atom is -0.381 e. The summed E-state index contributed by atoms with van der Waals surface area (Å²) in [4.78, 5) is 12.9. The Morgan fingerprint density at radius 3 is 3.00 bits per heavy atom. The van der Waals surface area contributed by atoms with Crippen LogP contribution < -0.4 is 0 Å². The summed E-state index contributed by atoms with van der Waals surface area (Å²) < 4.78 is 5.32. The van der Waals surface area contributed by atoms with Crippen LogP contribution in [0.5, 0.6) is 0 Å². The van der Waals surface area contributed by atoms with Crippen molar-refractivity contribution in [2.75, 3.05) is 19.0 Å². The van der Waals surface area contributed by atoms with Crippen LogP contribution in [0, 0.1) is 5.92 Å². The minimum atomic E-state index is 0.0822. The standard InChI is InChI=1S/C13H15ClO2S/c14-11-5-1-2-6-13(11)17-9-12(15)10-4-3-7-16-8-10/h1-2,5-6,10H,3-4,7-9H2. The van der Waals surface area contributed by atoms with Gasteiger partial charge < -0.3 is 4.74 Å². The molecule has 1 fully saturated rings. The first-order valence-corrected chi connectivity index (χ1v) is 7.11. The Bertz CT molecular complexity index is 389. The van der Waals surface area contributed by atoms with Gasteiger partial charge in [-0.25, -0.2) is 0 Å². The maximum absolute atomic E-state index is 11.9.